The predicted molar refractivity (Wildman–Crippen MR) is 115 cm³/mol. The Morgan fingerprint density at radius 1 is 1.25 bits per heavy atom. The summed E-state index contributed by atoms with van der Waals surface area (Å²) >= 11 is 0. The number of nitrogens with zero attached hydrogens (tertiary/aromatic N) is 1. The van der Waals surface area contributed by atoms with E-state index in [1.807, 2.05) is 31.2 Å². The summed E-state index contributed by atoms with van der Waals surface area (Å²) < 4.78 is 28.3. The van der Waals surface area contributed by atoms with Gasteiger partial charge in [0.05, 0.1) is 4.90 Å². The summed E-state index contributed by atoms with van der Waals surface area (Å²) in [6, 6.07) is 6.94. The fourth-order valence-electron chi connectivity index (χ4n) is 3.27. The van der Waals surface area contributed by atoms with Crippen LogP contribution in [0.4, 0.5) is 0 Å². The van der Waals surface area contributed by atoms with E-state index in [4.69, 9.17) is 0 Å². The molecule has 0 bridgehead atoms. The van der Waals surface area contributed by atoms with E-state index in [-0.39, 0.29) is 17.0 Å². The van der Waals surface area contributed by atoms with E-state index < -0.39 is 10.0 Å². The van der Waals surface area contributed by atoms with Crippen LogP contribution in [-0.2, 0) is 10.0 Å². The quantitative estimate of drug-likeness (QED) is 0.779. The van der Waals surface area contributed by atoms with Crippen LogP contribution in [0.15, 0.2) is 78.0 Å². The number of rotatable bonds is 6. The Morgan fingerprint density at radius 3 is 2.96 bits per heavy atom. The molecule has 1 aromatic heterocycles. The van der Waals surface area contributed by atoms with Gasteiger partial charge >= 0.3 is 0 Å². The maximum atomic E-state index is 12.7. The summed E-state index contributed by atoms with van der Waals surface area (Å²) in [7, 11) is -3.58. The monoisotopic (exact) mass is 397 g/mol. The van der Waals surface area contributed by atoms with Crippen LogP contribution in [0.3, 0.4) is 0 Å². The van der Waals surface area contributed by atoms with E-state index in [1.54, 1.807) is 30.6 Å². The van der Waals surface area contributed by atoms with Crippen molar-refractivity contribution in [2.75, 3.05) is 6.54 Å². The van der Waals surface area contributed by atoms with Gasteiger partial charge in [0, 0.05) is 36.4 Å². The molecule has 5 nitrogen and oxygen atoms in total. The van der Waals surface area contributed by atoms with E-state index in [0.717, 1.165) is 35.6 Å². The van der Waals surface area contributed by atoms with Crippen molar-refractivity contribution in [2.24, 2.45) is 0 Å². The maximum absolute atomic E-state index is 12.7. The summed E-state index contributed by atoms with van der Waals surface area (Å²) in [6.07, 6.45) is 14.5. The highest BCUT2D eigenvalue weighted by molar-refractivity contribution is 7.89. The molecule has 0 radical (unpaired) electrons. The molecule has 0 saturated heterocycles. The van der Waals surface area contributed by atoms with Crippen LogP contribution in [0, 0.1) is 0 Å². The molecule has 148 valence electrons. The maximum Gasteiger partial charge on any atom is 0.240 e. The number of fused-ring (bicyclic) bond motifs is 1. The van der Waals surface area contributed by atoms with Gasteiger partial charge in [-0.2, -0.15) is 0 Å². The molecule has 0 saturated carbocycles. The molecule has 1 aromatic carbocycles. The molecule has 1 aliphatic rings. The molecule has 0 amide bonds. The third-order valence-electron chi connectivity index (χ3n) is 4.76. The Balaban J connectivity index is 1.61. The van der Waals surface area contributed by atoms with Crippen molar-refractivity contribution in [1.82, 2.24) is 15.0 Å². The Morgan fingerprint density at radius 2 is 2.11 bits per heavy atom. The molecule has 2 N–H and O–H groups in total. The van der Waals surface area contributed by atoms with Gasteiger partial charge in [-0.05, 0) is 49.8 Å². The first-order valence-electron chi connectivity index (χ1n) is 9.54. The number of nitrogens with one attached hydrogen (secondary N) is 2. The minimum atomic E-state index is -3.58. The molecule has 1 unspecified atom stereocenters. The third-order valence-corrected chi connectivity index (χ3v) is 6.35. The van der Waals surface area contributed by atoms with Gasteiger partial charge in [0.25, 0.3) is 0 Å². The van der Waals surface area contributed by atoms with Crippen LogP contribution < -0.4 is 10.0 Å². The molecular formula is C22H27N3O2S. The number of hydrogen-bond acceptors (Lipinski definition) is 4. The largest absolute Gasteiger partial charge is 0.312 e. The number of benzene rings is 1. The normalized spacial score (nSPS) is 21.5. The van der Waals surface area contributed by atoms with Crippen molar-refractivity contribution in [3.8, 4) is 0 Å². The van der Waals surface area contributed by atoms with Crippen molar-refractivity contribution >= 4 is 20.8 Å². The van der Waals surface area contributed by atoms with Crippen molar-refractivity contribution in [3.63, 3.8) is 0 Å². The fraction of sp³-hybridized carbons (Fsp3) is 0.318. The smallest absolute Gasteiger partial charge is 0.240 e. The van der Waals surface area contributed by atoms with Crippen molar-refractivity contribution in [3.05, 3.63) is 73.1 Å². The molecule has 3 rings (SSSR count). The highest BCUT2D eigenvalue weighted by Gasteiger charge is 2.19. The minimum absolute atomic E-state index is 0.231. The van der Waals surface area contributed by atoms with Gasteiger partial charge in [-0.15, -0.1) is 0 Å². The van der Waals surface area contributed by atoms with E-state index in [2.05, 4.69) is 27.7 Å². The SMILES string of the molecule is C=C1/C=C\C=C/CCC(NC[C@@H](C)NS(=O)(=O)c2ccc3cnccc3c2)C1. The van der Waals surface area contributed by atoms with Crippen molar-refractivity contribution < 1.29 is 8.42 Å². The number of hydrogen-bond donors (Lipinski definition) is 2. The lowest BCUT2D eigenvalue weighted by molar-refractivity contribution is 0.451. The number of sulfonamides is 1. The lowest BCUT2D eigenvalue weighted by Gasteiger charge is -2.22. The molecule has 2 atom stereocenters. The number of allylic oxidation sites excluding steroid dienone is 4. The summed E-state index contributed by atoms with van der Waals surface area (Å²) in [5, 5.41) is 5.26. The topological polar surface area (TPSA) is 71.1 Å². The molecule has 1 heterocycles. The first-order valence-corrected chi connectivity index (χ1v) is 11.0. The molecule has 2 aromatic rings. The van der Waals surface area contributed by atoms with E-state index >= 15 is 0 Å². The van der Waals surface area contributed by atoms with E-state index in [1.165, 1.54) is 0 Å². The summed E-state index contributed by atoms with van der Waals surface area (Å²) in [5.41, 5.74) is 1.07. The minimum Gasteiger partial charge on any atom is -0.312 e. The zero-order valence-corrected chi connectivity index (χ0v) is 17.0. The Bertz CT molecular complexity index is 996. The Labute approximate surface area is 167 Å². The highest BCUT2D eigenvalue weighted by Crippen LogP contribution is 2.18. The van der Waals surface area contributed by atoms with E-state index in [9.17, 15) is 8.42 Å². The van der Waals surface area contributed by atoms with E-state index in [0.29, 0.717) is 6.54 Å². The van der Waals surface area contributed by atoms with Gasteiger partial charge in [0.2, 0.25) is 10.0 Å². The second-order valence-corrected chi connectivity index (χ2v) is 8.95. The van der Waals surface area contributed by atoms with Gasteiger partial charge in [-0.25, -0.2) is 13.1 Å². The van der Waals surface area contributed by atoms with Gasteiger partial charge in [0.15, 0.2) is 0 Å². The van der Waals surface area contributed by atoms with Gasteiger partial charge in [0.1, 0.15) is 0 Å². The number of aromatic nitrogens is 1. The lowest BCUT2D eigenvalue weighted by Crippen LogP contribution is -2.43. The zero-order valence-electron chi connectivity index (χ0n) is 16.1. The van der Waals surface area contributed by atoms with Crippen LogP contribution in [0.5, 0.6) is 0 Å². The first-order chi connectivity index (χ1) is 13.4. The molecule has 6 heteroatoms. The standard InChI is InChI=1S/C22H27N3O2S/c1-17-7-5-3-4-6-8-21(13-17)24-15-18(2)25-28(26,27)22-10-9-20-16-23-12-11-19(20)14-22/h3-5,7,9-12,14,16,18,21,24-25H,1,6,8,13,15H2,2H3/b4-3-,7-5-/t18-,21?/m1/s1. The van der Waals surface area contributed by atoms with Gasteiger partial charge in [-0.1, -0.05) is 42.5 Å². The van der Waals surface area contributed by atoms with Crippen LogP contribution in [0.25, 0.3) is 10.8 Å². The van der Waals surface area contributed by atoms with Crippen LogP contribution >= 0.6 is 0 Å². The Hall–Kier alpha value is -2.28. The predicted octanol–water partition coefficient (Wildman–Crippen LogP) is 3.71. The third kappa shape index (κ3) is 5.61. The van der Waals surface area contributed by atoms with Crippen LogP contribution in [0.2, 0.25) is 0 Å². The molecule has 0 aliphatic heterocycles. The van der Waals surface area contributed by atoms with Crippen molar-refractivity contribution in [2.45, 2.75) is 43.2 Å². The van der Waals surface area contributed by atoms with Crippen LogP contribution in [-0.4, -0.2) is 32.0 Å². The number of pyridine rings is 1. The average molecular weight is 398 g/mol. The molecular weight excluding hydrogens is 370 g/mol. The first kappa shape index (κ1) is 20.5. The van der Waals surface area contributed by atoms with Crippen molar-refractivity contribution in [1.29, 1.82) is 0 Å². The summed E-state index contributed by atoms with van der Waals surface area (Å²) in [4.78, 5) is 4.33. The molecule has 28 heavy (non-hydrogen) atoms. The zero-order chi connectivity index (χ0) is 20.0. The fourth-order valence-corrected chi connectivity index (χ4v) is 4.55. The molecule has 0 spiro atoms. The van der Waals surface area contributed by atoms with Crippen LogP contribution in [0.1, 0.15) is 26.2 Å². The lowest BCUT2D eigenvalue weighted by atomic mass is 10.0. The second-order valence-electron chi connectivity index (χ2n) is 7.24. The Kier molecular flexibility index (Phi) is 6.78. The van der Waals surface area contributed by atoms with Gasteiger partial charge in [-0.3, -0.25) is 4.98 Å². The molecule has 0 fully saturated rings. The molecule has 1 aliphatic carbocycles. The average Bonchev–Trinajstić information content (AvgIpc) is 2.77. The second kappa shape index (κ2) is 9.28. The van der Waals surface area contributed by atoms with Gasteiger partial charge < -0.3 is 5.32 Å². The highest BCUT2D eigenvalue weighted by atomic mass is 32.2. The summed E-state index contributed by atoms with van der Waals surface area (Å²) in [6.45, 7) is 6.51. The summed E-state index contributed by atoms with van der Waals surface area (Å²) in [5.74, 6) is 0.